The van der Waals surface area contributed by atoms with Crippen molar-refractivity contribution in [3.8, 4) is 0 Å². The van der Waals surface area contributed by atoms with Crippen LogP contribution in [0.15, 0.2) is 12.1 Å². The van der Waals surface area contributed by atoms with Crippen molar-refractivity contribution >= 4 is 29.2 Å². The molecule has 98 valence electrons. The number of esters is 1. The lowest BCUT2D eigenvalue weighted by atomic mass is 10.2. The second-order valence-corrected chi connectivity index (χ2v) is 5.11. The Morgan fingerprint density at radius 2 is 2.11 bits per heavy atom. The molecular formula is C12H14Cl2N2O2. The van der Waals surface area contributed by atoms with Crippen LogP contribution in [-0.2, 0) is 16.1 Å². The van der Waals surface area contributed by atoms with Gasteiger partial charge in [0.1, 0.15) is 23.0 Å². The number of nitrogens with one attached hydrogen (secondary N) is 1. The Morgan fingerprint density at radius 1 is 1.50 bits per heavy atom. The van der Waals surface area contributed by atoms with Crippen molar-refractivity contribution in [2.24, 2.45) is 5.92 Å². The number of likely N-dealkylation sites (N-methyl/N-ethyl adjacent to an activating group) is 1. The van der Waals surface area contributed by atoms with Crippen LogP contribution in [0.4, 0.5) is 0 Å². The second kappa shape index (κ2) is 5.87. The van der Waals surface area contributed by atoms with Gasteiger partial charge in [-0.2, -0.15) is 0 Å². The van der Waals surface area contributed by atoms with Crippen molar-refractivity contribution in [3.63, 3.8) is 0 Å². The summed E-state index contributed by atoms with van der Waals surface area (Å²) in [6.45, 7) is 0.158. The Bertz CT molecular complexity index is 429. The molecule has 1 atom stereocenters. The van der Waals surface area contributed by atoms with Crippen LogP contribution in [0.25, 0.3) is 0 Å². The van der Waals surface area contributed by atoms with Gasteiger partial charge < -0.3 is 10.1 Å². The number of hydrogen-bond donors (Lipinski definition) is 1. The highest BCUT2D eigenvalue weighted by molar-refractivity contribution is 6.32. The predicted octanol–water partition coefficient (Wildman–Crippen LogP) is 2.43. The van der Waals surface area contributed by atoms with Gasteiger partial charge in [-0.25, -0.2) is 4.98 Å². The molecule has 0 unspecified atom stereocenters. The number of aromatic nitrogens is 1. The molecule has 1 heterocycles. The van der Waals surface area contributed by atoms with Gasteiger partial charge in [-0.15, -0.1) is 0 Å². The van der Waals surface area contributed by atoms with Crippen molar-refractivity contribution < 1.29 is 9.53 Å². The zero-order valence-electron chi connectivity index (χ0n) is 9.95. The second-order valence-electron chi connectivity index (χ2n) is 4.33. The molecule has 1 N–H and O–H groups in total. The number of carbonyl (C=O) groups is 1. The minimum absolute atomic E-state index is 0.158. The van der Waals surface area contributed by atoms with E-state index in [1.807, 2.05) is 0 Å². The van der Waals surface area contributed by atoms with Gasteiger partial charge in [0.25, 0.3) is 0 Å². The third-order valence-electron chi connectivity index (χ3n) is 2.86. The number of hydrogen-bond acceptors (Lipinski definition) is 4. The molecule has 0 amide bonds. The van der Waals surface area contributed by atoms with Gasteiger partial charge in [-0.05, 0) is 43.5 Å². The van der Waals surface area contributed by atoms with Gasteiger partial charge in [-0.3, -0.25) is 4.79 Å². The van der Waals surface area contributed by atoms with E-state index in [0.29, 0.717) is 16.2 Å². The van der Waals surface area contributed by atoms with E-state index in [1.54, 1.807) is 19.2 Å². The minimum Gasteiger partial charge on any atom is -0.460 e. The molecule has 4 nitrogen and oxygen atoms in total. The van der Waals surface area contributed by atoms with Crippen LogP contribution in [0.1, 0.15) is 18.4 Å². The molecule has 0 bridgehead atoms. The van der Waals surface area contributed by atoms with Crippen molar-refractivity contribution in [1.82, 2.24) is 10.3 Å². The Balaban J connectivity index is 1.92. The highest BCUT2D eigenvalue weighted by Crippen LogP contribution is 2.33. The summed E-state index contributed by atoms with van der Waals surface area (Å²) >= 11 is 11.5. The number of rotatable bonds is 5. The molecule has 0 radical (unpaired) electrons. The van der Waals surface area contributed by atoms with Crippen LogP contribution < -0.4 is 5.32 Å². The average molecular weight is 289 g/mol. The summed E-state index contributed by atoms with van der Waals surface area (Å²) in [5, 5.41) is 3.57. The Labute approximate surface area is 116 Å². The average Bonchev–Trinajstić information content (AvgIpc) is 3.10. The van der Waals surface area contributed by atoms with Crippen molar-refractivity contribution in [3.05, 3.63) is 28.0 Å². The highest BCUT2D eigenvalue weighted by Gasteiger charge is 2.36. The topological polar surface area (TPSA) is 51.2 Å². The molecule has 0 saturated heterocycles. The molecule has 2 rings (SSSR count). The van der Waals surface area contributed by atoms with E-state index in [0.717, 1.165) is 18.4 Å². The SMILES string of the molecule is CN[C@H](C(=O)OCc1cc(Cl)nc(Cl)c1)C1CC1. The smallest absolute Gasteiger partial charge is 0.323 e. The summed E-state index contributed by atoms with van der Waals surface area (Å²) in [6, 6.07) is 3.05. The predicted molar refractivity (Wildman–Crippen MR) is 69.6 cm³/mol. The van der Waals surface area contributed by atoms with Gasteiger partial charge in [0, 0.05) is 0 Å². The van der Waals surface area contributed by atoms with E-state index >= 15 is 0 Å². The summed E-state index contributed by atoms with van der Waals surface area (Å²) in [7, 11) is 1.77. The molecule has 1 fully saturated rings. The Morgan fingerprint density at radius 3 is 2.61 bits per heavy atom. The summed E-state index contributed by atoms with van der Waals surface area (Å²) in [5.74, 6) is 0.177. The van der Waals surface area contributed by atoms with E-state index in [-0.39, 0.29) is 18.6 Å². The number of carbonyl (C=O) groups excluding carboxylic acids is 1. The third kappa shape index (κ3) is 3.57. The fraction of sp³-hybridized carbons (Fsp3) is 0.500. The maximum absolute atomic E-state index is 11.8. The summed E-state index contributed by atoms with van der Waals surface area (Å²) in [4.78, 5) is 15.7. The van der Waals surface area contributed by atoms with Crippen LogP contribution in [-0.4, -0.2) is 24.0 Å². The van der Waals surface area contributed by atoms with E-state index in [9.17, 15) is 4.79 Å². The van der Waals surface area contributed by atoms with Gasteiger partial charge in [-0.1, -0.05) is 23.2 Å². The van der Waals surface area contributed by atoms with E-state index in [1.165, 1.54) is 0 Å². The number of halogens is 2. The number of nitrogens with zero attached hydrogens (tertiary/aromatic N) is 1. The third-order valence-corrected chi connectivity index (χ3v) is 3.25. The normalized spacial score (nSPS) is 16.4. The first-order chi connectivity index (χ1) is 8.60. The lowest BCUT2D eigenvalue weighted by Gasteiger charge is -2.14. The molecule has 0 aliphatic heterocycles. The summed E-state index contributed by atoms with van der Waals surface area (Å²) in [5.41, 5.74) is 0.735. The van der Waals surface area contributed by atoms with E-state index in [2.05, 4.69) is 10.3 Å². The van der Waals surface area contributed by atoms with Crippen LogP contribution >= 0.6 is 23.2 Å². The van der Waals surface area contributed by atoms with Gasteiger partial charge in [0.05, 0.1) is 0 Å². The molecule has 1 saturated carbocycles. The molecule has 6 heteroatoms. The Kier molecular flexibility index (Phi) is 4.43. The summed E-state index contributed by atoms with van der Waals surface area (Å²) in [6.07, 6.45) is 2.15. The fourth-order valence-corrected chi connectivity index (χ4v) is 2.32. The summed E-state index contributed by atoms with van der Waals surface area (Å²) < 4.78 is 5.25. The van der Waals surface area contributed by atoms with Crippen LogP contribution in [0.3, 0.4) is 0 Å². The van der Waals surface area contributed by atoms with Gasteiger partial charge in [0.15, 0.2) is 0 Å². The highest BCUT2D eigenvalue weighted by atomic mass is 35.5. The fourth-order valence-electron chi connectivity index (χ4n) is 1.82. The van der Waals surface area contributed by atoms with Gasteiger partial charge in [0.2, 0.25) is 0 Å². The largest absolute Gasteiger partial charge is 0.460 e. The standard InChI is InChI=1S/C12H14Cl2N2O2/c1-15-11(8-2-3-8)12(17)18-6-7-4-9(13)16-10(14)5-7/h4-5,8,11,15H,2-3,6H2,1H3/t11-/m0/s1. The first kappa shape index (κ1) is 13.6. The zero-order valence-corrected chi connectivity index (χ0v) is 11.5. The lowest BCUT2D eigenvalue weighted by Crippen LogP contribution is -2.37. The maximum atomic E-state index is 11.8. The van der Waals surface area contributed by atoms with E-state index < -0.39 is 0 Å². The molecule has 1 aromatic heterocycles. The molecule has 0 spiro atoms. The lowest BCUT2D eigenvalue weighted by molar-refractivity contribution is -0.148. The van der Waals surface area contributed by atoms with Gasteiger partial charge >= 0.3 is 5.97 Å². The van der Waals surface area contributed by atoms with Crippen LogP contribution in [0, 0.1) is 5.92 Å². The molecule has 1 aliphatic rings. The number of ether oxygens (including phenoxy) is 1. The molecular weight excluding hydrogens is 275 g/mol. The zero-order chi connectivity index (χ0) is 13.1. The monoisotopic (exact) mass is 288 g/mol. The molecule has 1 aromatic rings. The Hall–Kier alpha value is -0.840. The van der Waals surface area contributed by atoms with Crippen LogP contribution in [0.5, 0.6) is 0 Å². The number of pyridine rings is 1. The minimum atomic E-state index is -0.232. The van der Waals surface area contributed by atoms with Crippen LogP contribution in [0.2, 0.25) is 10.3 Å². The molecule has 0 aromatic carbocycles. The first-order valence-corrected chi connectivity index (χ1v) is 6.51. The first-order valence-electron chi connectivity index (χ1n) is 5.76. The van der Waals surface area contributed by atoms with Crippen molar-refractivity contribution in [2.45, 2.75) is 25.5 Å². The quantitative estimate of drug-likeness (QED) is 0.668. The molecule has 18 heavy (non-hydrogen) atoms. The van der Waals surface area contributed by atoms with E-state index in [4.69, 9.17) is 27.9 Å². The molecule has 1 aliphatic carbocycles. The van der Waals surface area contributed by atoms with Crippen molar-refractivity contribution in [1.29, 1.82) is 0 Å². The maximum Gasteiger partial charge on any atom is 0.323 e. The van der Waals surface area contributed by atoms with Crippen molar-refractivity contribution in [2.75, 3.05) is 7.05 Å².